The Morgan fingerprint density at radius 2 is 1.39 bits per heavy atom. The molecule has 2 nitrogen and oxygen atoms in total. The summed E-state index contributed by atoms with van der Waals surface area (Å²) in [6.45, 7) is 8.85. The van der Waals surface area contributed by atoms with E-state index in [0.717, 1.165) is 12.8 Å². The minimum atomic E-state index is -0.393. The highest BCUT2D eigenvalue weighted by Crippen LogP contribution is 2.20. The van der Waals surface area contributed by atoms with Crippen LogP contribution in [-0.4, -0.2) is 23.4 Å². The number of aliphatic hydroxyl groups is 1. The van der Waals surface area contributed by atoms with Gasteiger partial charge in [-0.15, -0.1) is 0 Å². The molecule has 1 atom stereocenters. The molecule has 0 saturated carbocycles. The first-order chi connectivity index (χ1) is 8.54. The molecule has 0 aromatic heterocycles. The van der Waals surface area contributed by atoms with Crippen molar-refractivity contribution in [2.45, 2.75) is 97.2 Å². The van der Waals surface area contributed by atoms with Crippen LogP contribution < -0.4 is 0 Å². The van der Waals surface area contributed by atoms with Crippen LogP contribution in [0.1, 0.15) is 85.5 Å². The van der Waals surface area contributed by atoms with Crippen LogP contribution >= 0.6 is 0 Å². The van der Waals surface area contributed by atoms with Gasteiger partial charge in [-0.2, -0.15) is 0 Å². The van der Waals surface area contributed by atoms with Crippen LogP contribution in [0.25, 0.3) is 0 Å². The van der Waals surface area contributed by atoms with Gasteiger partial charge in [-0.1, -0.05) is 58.3 Å². The van der Waals surface area contributed by atoms with Crippen LogP contribution in [-0.2, 0) is 4.74 Å². The molecular formula is C16H34O2. The number of ether oxygens (including phenoxy) is 1. The van der Waals surface area contributed by atoms with Gasteiger partial charge in [-0.3, -0.25) is 0 Å². The van der Waals surface area contributed by atoms with Crippen molar-refractivity contribution in [1.29, 1.82) is 0 Å². The first-order valence-corrected chi connectivity index (χ1v) is 7.86. The van der Waals surface area contributed by atoms with Gasteiger partial charge in [0.1, 0.15) is 0 Å². The quantitative estimate of drug-likeness (QED) is 0.514. The molecule has 1 N–H and O–H groups in total. The molecule has 0 bridgehead atoms. The molecular weight excluding hydrogens is 224 g/mol. The van der Waals surface area contributed by atoms with Crippen molar-refractivity contribution in [3.05, 3.63) is 0 Å². The summed E-state index contributed by atoms with van der Waals surface area (Å²) in [5.41, 5.74) is -0.393. The summed E-state index contributed by atoms with van der Waals surface area (Å²) in [6, 6.07) is 0. The Hall–Kier alpha value is -0.0800. The minimum Gasteiger partial charge on any atom is -0.390 e. The lowest BCUT2D eigenvalue weighted by Gasteiger charge is -2.30. The predicted molar refractivity (Wildman–Crippen MR) is 78.9 cm³/mol. The minimum absolute atomic E-state index is 0.336. The largest absolute Gasteiger partial charge is 0.390 e. The molecule has 0 saturated heterocycles. The molecule has 18 heavy (non-hydrogen) atoms. The number of rotatable bonds is 12. The third-order valence-electron chi connectivity index (χ3n) is 3.65. The zero-order valence-corrected chi connectivity index (χ0v) is 13.0. The summed E-state index contributed by atoms with van der Waals surface area (Å²) in [7, 11) is 0. The van der Waals surface area contributed by atoms with E-state index in [-0.39, 0.29) is 6.10 Å². The second-order valence-electron chi connectivity index (χ2n) is 5.82. The van der Waals surface area contributed by atoms with Crippen LogP contribution in [0.2, 0.25) is 0 Å². The van der Waals surface area contributed by atoms with Gasteiger partial charge in [0, 0.05) is 6.61 Å². The Kier molecular flexibility index (Phi) is 10.8. The number of hydrogen-bond acceptors (Lipinski definition) is 2. The zero-order chi connectivity index (χ0) is 13.9. The Morgan fingerprint density at radius 3 is 1.89 bits per heavy atom. The lowest BCUT2D eigenvalue weighted by Crippen LogP contribution is -2.39. The smallest absolute Gasteiger partial charge is 0.0884 e. The van der Waals surface area contributed by atoms with Crippen LogP contribution in [0.3, 0.4) is 0 Å². The maximum Gasteiger partial charge on any atom is 0.0884 e. The topological polar surface area (TPSA) is 29.5 Å². The van der Waals surface area contributed by atoms with Crippen molar-refractivity contribution >= 4 is 0 Å². The molecule has 110 valence electrons. The molecule has 0 aromatic rings. The normalized spacial score (nSPS) is 13.8. The zero-order valence-electron chi connectivity index (χ0n) is 13.0. The van der Waals surface area contributed by atoms with Gasteiger partial charge >= 0.3 is 0 Å². The van der Waals surface area contributed by atoms with E-state index in [2.05, 4.69) is 6.92 Å². The lowest BCUT2D eigenvalue weighted by molar-refractivity contribution is -0.0992. The highest BCUT2D eigenvalue weighted by molar-refractivity contribution is 4.78. The maximum absolute atomic E-state index is 10.1. The molecule has 0 rings (SSSR count). The summed E-state index contributed by atoms with van der Waals surface area (Å²) >= 11 is 0. The lowest BCUT2D eigenvalue weighted by atomic mass is 9.95. The molecule has 0 aliphatic rings. The van der Waals surface area contributed by atoms with Crippen molar-refractivity contribution in [3.8, 4) is 0 Å². The van der Waals surface area contributed by atoms with Crippen LogP contribution in [0.5, 0.6) is 0 Å². The van der Waals surface area contributed by atoms with E-state index in [1.165, 1.54) is 44.9 Å². The molecule has 0 aliphatic heterocycles. The summed E-state index contributed by atoms with van der Waals surface area (Å²) in [5, 5.41) is 10.1. The average molecular weight is 258 g/mol. The summed E-state index contributed by atoms with van der Waals surface area (Å²) in [5.74, 6) is 0. The molecule has 0 radical (unpaired) electrons. The summed E-state index contributed by atoms with van der Waals surface area (Å²) < 4.78 is 5.56. The molecule has 1 unspecified atom stereocenters. The highest BCUT2D eigenvalue weighted by atomic mass is 16.5. The van der Waals surface area contributed by atoms with Crippen LogP contribution in [0.4, 0.5) is 0 Å². The fourth-order valence-electron chi connectivity index (χ4n) is 2.29. The van der Waals surface area contributed by atoms with Crippen LogP contribution in [0, 0.1) is 0 Å². The molecule has 0 aromatic carbocycles. The standard InChI is InChI=1S/C16H34O2/c1-5-7-8-9-10-11-12-13-14-15(17)16(3,4)18-6-2/h15,17H,5-14H2,1-4H3. The van der Waals surface area contributed by atoms with E-state index in [1.807, 2.05) is 20.8 Å². The molecule has 0 heterocycles. The van der Waals surface area contributed by atoms with Gasteiger partial charge in [0.05, 0.1) is 11.7 Å². The maximum atomic E-state index is 10.1. The molecule has 2 heteroatoms. The first kappa shape index (κ1) is 17.9. The van der Waals surface area contributed by atoms with Gasteiger partial charge < -0.3 is 9.84 Å². The highest BCUT2D eigenvalue weighted by Gasteiger charge is 2.27. The second-order valence-corrected chi connectivity index (χ2v) is 5.82. The Morgan fingerprint density at radius 1 is 0.889 bits per heavy atom. The number of hydrogen-bond donors (Lipinski definition) is 1. The Labute approximate surface area is 114 Å². The van der Waals surface area contributed by atoms with Crippen molar-refractivity contribution in [1.82, 2.24) is 0 Å². The predicted octanol–water partition coefficient (Wildman–Crippen LogP) is 4.69. The second kappa shape index (κ2) is 10.8. The van der Waals surface area contributed by atoms with E-state index >= 15 is 0 Å². The van der Waals surface area contributed by atoms with Crippen molar-refractivity contribution < 1.29 is 9.84 Å². The van der Waals surface area contributed by atoms with Crippen molar-refractivity contribution in [2.24, 2.45) is 0 Å². The van der Waals surface area contributed by atoms with E-state index in [1.54, 1.807) is 0 Å². The molecule has 0 spiro atoms. The van der Waals surface area contributed by atoms with E-state index in [9.17, 15) is 5.11 Å². The summed E-state index contributed by atoms with van der Waals surface area (Å²) in [4.78, 5) is 0. The van der Waals surface area contributed by atoms with Crippen molar-refractivity contribution in [2.75, 3.05) is 6.61 Å². The summed E-state index contributed by atoms with van der Waals surface area (Å²) in [6.07, 6.45) is 11.0. The van der Waals surface area contributed by atoms with Gasteiger partial charge in [0.2, 0.25) is 0 Å². The molecule has 0 amide bonds. The fourth-order valence-corrected chi connectivity index (χ4v) is 2.29. The van der Waals surface area contributed by atoms with Crippen LogP contribution in [0.15, 0.2) is 0 Å². The van der Waals surface area contributed by atoms with Gasteiger partial charge in [-0.25, -0.2) is 0 Å². The van der Waals surface area contributed by atoms with Crippen molar-refractivity contribution in [3.63, 3.8) is 0 Å². The SMILES string of the molecule is CCCCCCCCCCC(O)C(C)(C)OCC. The van der Waals surface area contributed by atoms with Gasteiger partial charge in [0.25, 0.3) is 0 Å². The number of aliphatic hydroxyl groups excluding tert-OH is 1. The fraction of sp³-hybridized carbons (Fsp3) is 1.00. The molecule has 0 fully saturated rings. The monoisotopic (exact) mass is 258 g/mol. The Bertz CT molecular complexity index is 178. The van der Waals surface area contributed by atoms with Gasteiger partial charge in [-0.05, 0) is 27.2 Å². The third kappa shape index (κ3) is 8.93. The third-order valence-corrected chi connectivity index (χ3v) is 3.65. The molecule has 0 aliphatic carbocycles. The van der Waals surface area contributed by atoms with Gasteiger partial charge in [0.15, 0.2) is 0 Å². The number of unbranched alkanes of at least 4 members (excludes halogenated alkanes) is 7. The first-order valence-electron chi connectivity index (χ1n) is 7.86. The van der Waals surface area contributed by atoms with E-state index in [0.29, 0.717) is 6.61 Å². The van der Waals surface area contributed by atoms with E-state index in [4.69, 9.17) is 4.74 Å². The van der Waals surface area contributed by atoms with E-state index < -0.39 is 5.60 Å². The average Bonchev–Trinajstić information content (AvgIpc) is 2.32. The Balaban J connectivity index is 3.42.